The third-order valence-corrected chi connectivity index (χ3v) is 11.3. The number of benzene rings is 3. The highest BCUT2D eigenvalue weighted by atomic mass is 16.2. The van der Waals surface area contributed by atoms with Gasteiger partial charge in [0.15, 0.2) is 0 Å². The van der Waals surface area contributed by atoms with Crippen molar-refractivity contribution in [1.82, 2.24) is 29.5 Å². The molecule has 3 fully saturated rings. The minimum Gasteiger partial charge on any atom is -0.339 e. The van der Waals surface area contributed by atoms with Crippen LogP contribution in [0.2, 0.25) is 0 Å². The van der Waals surface area contributed by atoms with Crippen molar-refractivity contribution in [3.05, 3.63) is 102 Å². The van der Waals surface area contributed by atoms with Crippen molar-refractivity contribution in [1.29, 1.82) is 0 Å². The van der Waals surface area contributed by atoms with Gasteiger partial charge in [-0.2, -0.15) is 10.2 Å². The number of hydrogen-bond acceptors (Lipinski definition) is 5. The van der Waals surface area contributed by atoms with Gasteiger partial charge in [-0.05, 0) is 106 Å². The lowest BCUT2D eigenvalue weighted by Crippen LogP contribution is -2.49. The van der Waals surface area contributed by atoms with Crippen LogP contribution in [0.3, 0.4) is 0 Å². The van der Waals surface area contributed by atoms with Crippen molar-refractivity contribution in [2.45, 2.75) is 82.3 Å². The Balaban J connectivity index is 0.978. The van der Waals surface area contributed by atoms with Crippen LogP contribution in [0.1, 0.15) is 78.3 Å². The number of fused-ring (bicyclic) bond motifs is 4. The van der Waals surface area contributed by atoms with Crippen LogP contribution >= 0.6 is 0 Å². The molecule has 5 heterocycles. The van der Waals surface area contributed by atoms with E-state index < -0.39 is 0 Å². The van der Waals surface area contributed by atoms with Crippen molar-refractivity contribution < 1.29 is 4.79 Å². The van der Waals surface area contributed by atoms with Crippen LogP contribution in [0.25, 0.3) is 21.9 Å². The fraction of sp³-hybridized carbons (Fsp3) is 0.421. The van der Waals surface area contributed by atoms with Crippen molar-refractivity contribution >= 4 is 27.8 Å². The Kier molecular flexibility index (Phi) is 7.16. The monoisotopic (exact) mass is 598 g/mol. The van der Waals surface area contributed by atoms with Gasteiger partial charge < -0.3 is 9.47 Å². The third kappa shape index (κ3) is 5.02. The number of piperidine rings is 2. The first-order valence-electron chi connectivity index (χ1n) is 16.8. The van der Waals surface area contributed by atoms with Crippen LogP contribution in [0, 0.1) is 13.8 Å². The Morgan fingerprint density at radius 2 is 1.60 bits per heavy atom. The molecule has 3 saturated heterocycles. The Hall–Kier alpha value is -4.10. The second-order valence-electron chi connectivity index (χ2n) is 13.7. The number of likely N-dealkylation sites (tertiary alicyclic amines) is 1. The van der Waals surface area contributed by atoms with E-state index in [1.165, 1.54) is 36.8 Å². The number of para-hydroxylation sites is 2. The summed E-state index contributed by atoms with van der Waals surface area (Å²) in [7, 11) is 0. The van der Waals surface area contributed by atoms with Gasteiger partial charge in [-0.1, -0.05) is 48.5 Å². The number of aryl methyl sites for hydroxylation is 2. The highest BCUT2D eigenvalue weighted by Crippen LogP contribution is 2.45. The van der Waals surface area contributed by atoms with Gasteiger partial charge in [-0.15, -0.1) is 0 Å². The Morgan fingerprint density at radius 3 is 2.38 bits per heavy atom. The van der Waals surface area contributed by atoms with Gasteiger partial charge >= 0.3 is 0 Å². The first kappa shape index (κ1) is 28.4. The maximum Gasteiger partial charge on any atom is 0.253 e. The summed E-state index contributed by atoms with van der Waals surface area (Å²) >= 11 is 0. The predicted molar refractivity (Wildman–Crippen MR) is 178 cm³/mol. The zero-order valence-electron chi connectivity index (χ0n) is 26.4. The molecule has 3 aliphatic heterocycles. The number of aromatic nitrogens is 4. The number of carbonyl (C=O) groups excluding carboxylic acids is 1. The highest BCUT2D eigenvalue weighted by Gasteiger charge is 2.44. The summed E-state index contributed by atoms with van der Waals surface area (Å²) in [6, 6.07) is 27.4. The second-order valence-corrected chi connectivity index (χ2v) is 13.7. The number of imidazole rings is 1. The number of carbonyl (C=O) groups is 1. The number of rotatable bonds is 6. The molecule has 0 aliphatic carbocycles. The van der Waals surface area contributed by atoms with Crippen molar-refractivity contribution in [2.75, 3.05) is 19.6 Å². The Morgan fingerprint density at radius 1 is 0.867 bits per heavy atom. The summed E-state index contributed by atoms with van der Waals surface area (Å²) in [5.41, 5.74) is 6.47. The third-order valence-electron chi connectivity index (χ3n) is 11.3. The predicted octanol–water partition coefficient (Wildman–Crippen LogP) is 7.03. The zero-order valence-corrected chi connectivity index (χ0v) is 26.4. The topological polar surface area (TPSA) is 67.2 Å². The molecule has 7 nitrogen and oxygen atoms in total. The average Bonchev–Trinajstić information content (AvgIpc) is 3.54. The van der Waals surface area contributed by atoms with Crippen LogP contribution in [-0.2, 0) is 5.41 Å². The van der Waals surface area contributed by atoms with E-state index in [0.29, 0.717) is 23.7 Å². The van der Waals surface area contributed by atoms with Gasteiger partial charge in [0, 0.05) is 42.2 Å². The molecule has 230 valence electrons. The molecule has 2 bridgehead atoms. The first-order valence-corrected chi connectivity index (χ1v) is 16.8. The summed E-state index contributed by atoms with van der Waals surface area (Å²) in [5.74, 6) is 1.24. The van der Waals surface area contributed by atoms with Gasteiger partial charge in [0.2, 0.25) is 0 Å². The van der Waals surface area contributed by atoms with E-state index in [1.807, 2.05) is 25.1 Å². The number of nitrogens with zero attached hydrogens (tertiary/aromatic N) is 6. The molecule has 0 N–H and O–H groups in total. The van der Waals surface area contributed by atoms with Crippen LogP contribution in [0.5, 0.6) is 0 Å². The maximum absolute atomic E-state index is 13.7. The standard InChI is InChI=1S/C38H42N6O/c1-26-25-39-41-35-22-28(12-15-33(26)35)37(45)42-19-16-38(17-20-42,29-8-4-3-5-9-29)18-21-43-30-13-14-31(43)24-32(23-30)44-27(2)40-34-10-6-7-11-36(34)44/h3-12,15,22,25,30-32H,13-14,16-21,23-24H2,1-2H3/t30-,31+,32+. The molecule has 0 spiro atoms. The minimum absolute atomic E-state index is 0.0808. The molecule has 8 rings (SSSR count). The van der Waals surface area contributed by atoms with E-state index in [4.69, 9.17) is 4.98 Å². The molecule has 3 aliphatic rings. The molecule has 3 atom stereocenters. The molecule has 5 aromatic rings. The largest absolute Gasteiger partial charge is 0.339 e. The molecule has 0 saturated carbocycles. The SMILES string of the molecule is Cc1cnnc2cc(C(=O)N3CCC(CCN4[C@@H]5CC[C@H]4C[C@@H](n4c(C)nc6ccccc64)C5)(c4ccccc4)CC3)ccc12. The number of hydrogen-bond donors (Lipinski definition) is 0. The van der Waals surface area contributed by atoms with Gasteiger partial charge in [-0.25, -0.2) is 4.98 Å². The van der Waals surface area contributed by atoms with E-state index >= 15 is 0 Å². The lowest BCUT2D eigenvalue weighted by molar-refractivity contribution is 0.0607. The lowest BCUT2D eigenvalue weighted by atomic mass is 9.70. The lowest BCUT2D eigenvalue weighted by Gasteiger charge is -2.45. The minimum atomic E-state index is 0.0808. The van der Waals surface area contributed by atoms with Gasteiger partial charge in [0.25, 0.3) is 5.91 Å². The van der Waals surface area contributed by atoms with Crippen molar-refractivity contribution in [3.63, 3.8) is 0 Å². The van der Waals surface area contributed by atoms with E-state index in [2.05, 4.69) is 86.1 Å². The Labute approximate surface area is 265 Å². The molecule has 1 amide bonds. The van der Waals surface area contributed by atoms with Crippen LogP contribution in [0.4, 0.5) is 0 Å². The Bertz CT molecular complexity index is 1840. The molecular formula is C38H42N6O. The van der Waals surface area contributed by atoms with Crippen LogP contribution in [-0.4, -0.2) is 67.2 Å². The summed E-state index contributed by atoms with van der Waals surface area (Å²) in [6.07, 6.45) is 9.87. The van der Waals surface area contributed by atoms with E-state index in [9.17, 15) is 4.79 Å². The summed E-state index contributed by atoms with van der Waals surface area (Å²) in [4.78, 5) is 23.5. The fourth-order valence-electron chi connectivity index (χ4n) is 8.91. The van der Waals surface area contributed by atoms with E-state index in [-0.39, 0.29) is 11.3 Å². The van der Waals surface area contributed by atoms with Gasteiger partial charge in [0.05, 0.1) is 22.7 Å². The summed E-state index contributed by atoms with van der Waals surface area (Å²) in [5, 5.41) is 9.44. The van der Waals surface area contributed by atoms with Crippen LogP contribution in [0.15, 0.2) is 79.0 Å². The molecule has 3 aromatic carbocycles. The molecule has 2 aromatic heterocycles. The quantitative estimate of drug-likeness (QED) is 0.210. The van der Waals surface area contributed by atoms with E-state index in [0.717, 1.165) is 66.7 Å². The summed E-state index contributed by atoms with van der Waals surface area (Å²) < 4.78 is 2.53. The molecule has 7 heteroatoms. The fourth-order valence-corrected chi connectivity index (χ4v) is 8.91. The average molecular weight is 599 g/mol. The normalized spacial score (nSPS) is 23.2. The zero-order chi connectivity index (χ0) is 30.5. The van der Waals surface area contributed by atoms with Gasteiger partial charge in [0.1, 0.15) is 5.82 Å². The molecule has 0 radical (unpaired) electrons. The van der Waals surface area contributed by atoms with Crippen molar-refractivity contribution in [3.8, 4) is 0 Å². The molecular weight excluding hydrogens is 556 g/mol. The first-order chi connectivity index (χ1) is 22.0. The smallest absolute Gasteiger partial charge is 0.253 e. The maximum atomic E-state index is 13.7. The molecule has 0 unspecified atom stereocenters. The highest BCUT2D eigenvalue weighted by molar-refractivity contribution is 5.98. The van der Waals surface area contributed by atoms with Gasteiger partial charge in [-0.3, -0.25) is 9.69 Å². The summed E-state index contributed by atoms with van der Waals surface area (Å²) in [6.45, 7) is 6.87. The van der Waals surface area contributed by atoms with E-state index in [1.54, 1.807) is 6.20 Å². The number of amides is 1. The second kappa shape index (κ2) is 11.4. The molecule has 45 heavy (non-hydrogen) atoms. The van der Waals surface area contributed by atoms with Crippen LogP contribution < -0.4 is 0 Å². The van der Waals surface area contributed by atoms with Crippen molar-refractivity contribution in [2.24, 2.45) is 0 Å².